The molecule has 0 aromatic rings. The highest BCUT2D eigenvalue weighted by molar-refractivity contribution is 5.77. The number of hydrogen-bond donors (Lipinski definition) is 9. The smallest absolute Gasteiger partial charge is 0.288 e. The fraction of sp³-hybridized carbons (Fsp3) is 0.923. The number of fused-ring (bicyclic) bond motifs is 1. The molecule has 1 saturated carbocycles. The molecule has 0 aromatic carbocycles. The Kier molecular flexibility index (Phi) is 4.91. The first kappa shape index (κ1) is 18.7. The normalized spacial score (nSPS) is 54.2. The molecule has 0 aromatic heterocycles. The van der Waals surface area contributed by atoms with Crippen molar-refractivity contribution >= 4 is 6.02 Å². The van der Waals surface area contributed by atoms with Crippen LogP contribution in [0, 0.1) is 0 Å². The van der Waals surface area contributed by atoms with Crippen molar-refractivity contribution in [1.82, 2.24) is 5.32 Å². The molecule has 0 radical (unpaired) electrons. The molecule has 3 aliphatic rings. The minimum Gasteiger partial charge on any atom is -0.457 e. The average molecular weight is 366 g/mol. The van der Waals surface area contributed by atoms with E-state index in [1.54, 1.807) is 0 Å². The van der Waals surface area contributed by atoms with Gasteiger partial charge in [0.2, 0.25) is 0 Å². The molecule has 0 spiro atoms. The van der Waals surface area contributed by atoms with Gasteiger partial charge >= 0.3 is 0 Å². The lowest BCUT2D eigenvalue weighted by atomic mass is 9.96. The third kappa shape index (κ3) is 2.79. The maximum Gasteiger partial charge on any atom is 0.288 e. The van der Waals surface area contributed by atoms with Crippen molar-refractivity contribution < 1.29 is 50.3 Å². The summed E-state index contributed by atoms with van der Waals surface area (Å²) in [7, 11) is 0. The van der Waals surface area contributed by atoms with Crippen LogP contribution in [0.5, 0.6) is 0 Å². The van der Waals surface area contributed by atoms with Crippen LogP contribution >= 0.6 is 0 Å². The standard InChI is InChI=1S/C13H22N2O10/c16-1-3-4(18)5(19)6(20)11(24-3)15-12-14-9-8(25-12)7(21)10(22)13(9,23)2-17/h3-11,16-23H,1-2H2,(H,14,15)/t3?,4-,5?,6?,7-,8-,9-,10-,11+,13+/m1/s1. The highest BCUT2D eigenvalue weighted by Crippen LogP contribution is 2.36. The summed E-state index contributed by atoms with van der Waals surface area (Å²) in [4.78, 5) is 3.88. The van der Waals surface area contributed by atoms with Crippen LogP contribution in [0.25, 0.3) is 0 Å². The van der Waals surface area contributed by atoms with Gasteiger partial charge in [-0.25, -0.2) is 4.99 Å². The predicted octanol–water partition coefficient (Wildman–Crippen LogP) is -6.04. The number of aliphatic hydroxyl groups is 8. The van der Waals surface area contributed by atoms with Gasteiger partial charge in [0.05, 0.1) is 13.2 Å². The van der Waals surface area contributed by atoms with E-state index in [9.17, 15) is 35.7 Å². The first-order chi connectivity index (χ1) is 11.7. The molecule has 0 amide bonds. The van der Waals surface area contributed by atoms with Gasteiger partial charge in [0, 0.05) is 0 Å². The summed E-state index contributed by atoms with van der Waals surface area (Å²) < 4.78 is 10.5. The summed E-state index contributed by atoms with van der Waals surface area (Å²) in [6.07, 6.45) is -11.6. The second-order valence-corrected chi connectivity index (χ2v) is 6.44. The van der Waals surface area contributed by atoms with Gasteiger partial charge < -0.3 is 55.6 Å². The summed E-state index contributed by atoms with van der Waals surface area (Å²) in [6.45, 7) is -1.48. The molecule has 0 bridgehead atoms. The Hall–Kier alpha value is -1.09. The molecule has 3 fully saturated rings. The van der Waals surface area contributed by atoms with E-state index in [0.29, 0.717) is 0 Å². The molecular weight excluding hydrogens is 344 g/mol. The zero-order valence-corrected chi connectivity index (χ0v) is 13.0. The van der Waals surface area contributed by atoms with Crippen LogP contribution in [-0.4, -0.2) is 121 Å². The molecule has 12 nitrogen and oxygen atoms in total. The summed E-state index contributed by atoms with van der Waals surface area (Å²) in [5.41, 5.74) is -2.07. The highest BCUT2D eigenvalue weighted by Gasteiger charge is 2.64. The summed E-state index contributed by atoms with van der Waals surface area (Å²) in [5, 5.41) is 80.5. The van der Waals surface area contributed by atoms with Crippen LogP contribution in [0.3, 0.4) is 0 Å². The molecule has 12 heteroatoms. The van der Waals surface area contributed by atoms with E-state index in [1.807, 2.05) is 0 Å². The van der Waals surface area contributed by atoms with Crippen LogP contribution < -0.4 is 5.32 Å². The second kappa shape index (κ2) is 6.57. The number of nitrogens with zero attached hydrogens (tertiary/aromatic N) is 1. The maximum absolute atomic E-state index is 10.3. The topological polar surface area (TPSA) is 205 Å². The van der Waals surface area contributed by atoms with Crippen molar-refractivity contribution in [2.24, 2.45) is 4.99 Å². The average Bonchev–Trinajstić information content (AvgIpc) is 3.10. The fourth-order valence-electron chi connectivity index (χ4n) is 3.35. The number of ether oxygens (including phenoxy) is 2. The lowest BCUT2D eigenvalue weighted by molar-refractivity contribution is -0.227. The fourth-order valence-corrected chi connectivity index (χ4v) is 3.35. The maximum atomic E-state index is 10.3. The zero-order valence-electron chi connectivity index (χ0n) is 13.0. The molecule has 3 rings (SSSR count). The number of amidine groups is 1. The van der Waals surface area contributed by atoms with Crippen molar-refractivity contribution in [1.29, 1.82) is 0 Å². The number of aliphatic hydroxyl groups excluding tert-OH is 7. The summed E-state index contributed by atoms with van der Waals surface area (Å²) in [6, 6.07) is -1.34. The van der Waals surface area contributed by atoms with Crippen molar-refractivity contribution in [3.63, 3.8) is 0 Å². The van der Waals surface area contributed by atoms with Crippen molar-refractivity contribution in [2.45, 2.75) is 60.6 Å². The lowest BCUT2D eigenvalue weighted by Gasteiger charge is -2.38. The molecule has 9 N–H and O–H groups in total. The van der Waals surface area contributed by atoms with Crippen molar-refractivity contribution in [2.75, 3.05) is 13.2 Å². The predicted molar refractivity (Wildman–Crippen MR) is 77.0 cm³/mol. The Bertz CT molecular complexity index is 533. The van der Waals surface area contributed by atoms with Gasteiger partial charge in [-0.05, 0) is 0 Å². The molecule has 10 atom stereocenters. The van der Waals surface area contributed by atoms with Gasteiger partial charge in [-0.1, -0.05) is 0 Å². The summed E-state index contributed by atoms with van der Waals surface area (Å²) >= 11 is 0. The monoisotopic (exact) mass is 366 g/mol. The van der Waals surface area contributed by atoms with Gasteiger partial charge in [-0.3, -0.25) is 0 Å². The number of rotatable bonds is 3. The molecule has 2 saturated heterocycles. The molecular formula is C13H22N2O10. The number of aliphatic imine (C=N–C) groups is 1. The van der Waals surface area contributed by atoms with E-state index in [0.717, 1.165) is 0 Å². The third-order valence-electron chi connectivity index (χ3n) is 4.93. The van der Waals surface area contributed by atoms with Gasteiger partial charge in [0.1, 0.15) is 48.3 Å². The third-order valence-corrected chi connectivity index (χ3v) is 4.93. The zero-order chi connectivity index (χ0) is 18.5. The Morgan fingerprint density at radius 1 is 1.00 bits per heavy atom. The van der Waals surface area contributed by atoms with E-state index >= 15 is 0 Å². The van der Waals surface area contributed by atoms with Crippen LogP contribution in [0.1, 0.15) is 0 Å². The van der Waals surface area contributed by atoms with Gasteiger partial charge in [-0.15, -0.1) is 0 Å². The Morgan fingerprint density at radius 2 is 1.68 bits per heavy atom. The van der Waals surface area contributed by atoms with Crippen molar-refractivity contribution in [3.8, 4) is 0 Å². The Morgan fingerprint density at radius 3 is 2.28 bits per heavy atom. The van der Waals surface area contributed by atoms with E-state index < -0.39 is 73.8 Å². The molecule has 2 heterocycles. The van der Waals surface area contributed by atoms with Crippen LogP contribution in [-0.2, 0) is 9.47 Å². The van der Waals surface area contributed by atoms with Crippen LogP contribution in [0.4, 0.5) is 0 Å². The van der Waals surface area contributed by atoms with Gasteiger partial charge in [0.25, 0.3) is 6.02 Å². The molecule has 1 aliphatic carbocycles. The van der Waals surface area contributed by atoms with E-state index in [1.165, 1.54) is 0 Å². The van der Waals surface area contributed by atoms with Crippen LogP contribution in [0.2, 0.25) is 0 Å². The molecule has 144 valence electrons. The Balaban J connectivity index is 1.78. The van der Waals surface area contributed by atoms with E-state index in [2.05, 4.69) is 10.3 Å². The first-order valence-corrected chi connectivity index (χ1v) is 7.75. The lowest BCUT2D eigenvalue weighted by Crippen LogP contribution is -2.58. The minimum absolute atomic E-state index is 0.267. The van der Waals surface area contributed by atoms with E-state index in [-0.39, 0.29) is 6.02 Å². The minimum atomic E-state index is -2.07. The largest absolute Gasteiger partial charge is 0.457 e. The highest BCUT2D eigenvalue weighted by atomic mass is 16.6. The number of nitrogens with one attached hydrogen (secondary N) is 1. The molecule has 3 unspecified atom stereocenters. The quantitative estimate of drug-likeness (QED) is 0.230. The number of hydrogen-bond acceptors (Lipinski definition) is 11. The second-order valence-electron chi connectivity index (χ2n) is 6.44. The van der Waals surface area contributed by atoms with Gasteiger partial charge in [-0.2, -0.15) is 0 Å². The first-order valence-electron chi connectivity index (χ1n) is 7.75. The molecule has 2 aliphatic heterocycles. The van der Waals surface area contributed by atoms with Crippen LogP contribution in [0.15, 0.2) is 4.99 Å². The summed E-state index contributed by atoms with van der Waals surface area (Å²) in [5.74, 6) is 0. The SMILES string of the molecule is OCC1O[C@H](N=C2N[C@@H]3[C@H](O2)[C@@H](O)[C@@H](O)[C@]3(O)CO)C(O)C(O)[C@@H]1O. The Labute approximate surface area is 141 Å². The van der Waals surface area contributed by atoms with E-state index in [4.69, 9.17) is 14.6 Å². The van der Waals surface area contributed by atoms with Gasteiger partial charge in [0.15, 0.2) is 12.3 Å². The van der Waals surface area contributed by atoms with Crippen molar-refractivity contribution in [3.05, 3.63) is 0 Å². The molecule has 25 heavy (non-hydrogen) atoms.